The van der Waals surface area contributed by atoms with Crippen LogP contribution in [0.1, 0.15) is 72.1 Å². The molecule has 4 aliphatic rings. The monoisotopic (exact) mass is 416 g/mol. The normalized spacial score (nSPS) is 42.7. The molecule has 3 saturated carbocycles. The Labute approximate surface area is 177 Å². The van der Waals surface area contributed by atoms with Crippen molar-refractivity contribution in [3.8, 4) is 0 Å². The van der Waals surface area contributed by atoms with Gasteiger partial charge in [-0.2, -0.15) is 0 Å². The Morgan fingerprint density at radius 1 is 1.17 bits per heavy atom. The minimum atomic E-state index is -1.65. The van der Waals surface area contributed by atoms with Crippen LogP contribution in [0.3, 0.4) is 0 Å². The zero-order valence-corrected chi connectivity index (χ0v) is 18.2. The molecular weight excluding hydrogens is 384 g/mol. The van der Waals surface area contributed by atoms with Gasteiger partial charge in [-0.15, -0.1) is 0 Å². The number of ether oxygens (including phenoxy) is 1. The molecule has 6 unspecified atom stereocenters. The fraction of sp³-hybridized carbons (Fsp3) is 0.750. The maximum absolute atomic E-state index is 13.5. The molecule has 0 bridgehead atoms. The fourth-order valence-corrected chi connectivity index (χ4v) is 7.21. The summed E-state index contributed by atoms with van der Waals surface area (Å²) in [6.45, 7) is 5.20. The van der Waals surface area contributed by atoms with Crippen molar-refractivity contribution in [2.75, 3.05) is 6.61 Å². The van der Waals surface area contributed by atoms with Gasteiger partial charge < -0.3 is 9.84 Å². The zero-order chi connectivity index (χ0) is 21.9. The van der Waals surface area contributed by atoms with Crippen molar-refractivity contribution in [3.63, 3.8) is 0 Å². The van der Waals surface area contributed by atoms with Gasteiger partial charge in [-0.1, -0.05) is 26.3 Å². The maximum Gasteiger partial charge on any atom is 0.305 e. The summed E-state index contributed by atoms with van der Waals surface area (Å²) in [6, 6.07) is 0. The Kier molecular flexibility index (Phi) is 5.08. The van der Waals surface area contributed by atoms with Gasteiger partial charge in [-0.05, 0) is 55.4 Å². The Morgan fingerprint density at radius 2 is 1.90 bits per heavy atom. The molecule has 0 saturated heterocycles. The van der Waals surface area contributed by atoms with Crippen molar-refractivity contribution in [1.29, 1.82) is 0 Å². The van der Waals surface area contributed by atoms with E-state index in [9.17, 15) is 24.3 Å². The second-order valence-electron chi connectivity index (χ2n) is 10.2. The average molecular weight is 417 g/mol. The third-order valence-corrected chi connectivity index (χ3v) is 8.92. The molecule has 164 valence electrons. The van der Waals surface area contributed by atoms with E-state index in [-0.39, 0.29) is 47.6 Å². The molecule has 0 spiro atoms. The summed E-state index contributed by atoms with van der Waals surface area (Å²) in [5.74, 6) is -0.710. The fourth-order valence-electron chi connectivity index (χ4n) is 7.21. The van der Waals surface area contributed by atoms with Gasteiger partial charge >= 0.3 is 5.97 Å². The summed E-state index contributed by atoms with van der Waals surface area (Å²) in [5.41, 5.74) is -1.68. The van der Waals surface area contributed by atoms with Crippen molar-refractivity contribution in [1.82, 2.24) is 0 Å². The van der Waals surface area contributed by atoms with Gasteiger partial charge in [0.25, 0.3) is 0 Å². The van der Waals surface area contributed by atoms with Crippen molar-refractivity contribution >= 4 is 23.3 Å². The lowest BCUT2D eigenvalue weighted by molar-refractivity contribution is -0.173. The first-order valence-electron chi connectivity index (χ1n) is 11.2. The maximum atomic E-state index is 13.5. The third-order valence-electron chi connectivity index (χ3n) is 8.92. The molecule has 0 aromatic carbocycles. The Hall–Kier alpha value is -1.82. The Balaban J connectivity index is 1.63. The Bertz CT molecular complexity index is 843. The predicted molar refractivity (Wildman–Crippen MR) is 108 cm³/mol. The first kappa shape index (κ1) is 21.4. The topological polar surface area (TPSA) is 97.7 Å². The number of carbonyl (C=O) groups excluding carboxylic acids is 4. The highest BCUT2D eigenvalue weighted by molar-refractivity contribution is 5.95. The number of esters is 1. The number of fused-ring (bicyclic) bond motifs is 5. The second kappa shape index (κ2) is 7.11. The lowest BCUT2D eigenvalue weighted by Crippen LogP contribution is -2.61. The molecule has 0 heterocycles. The van der Waals surface area contributed by atoms with Crippen molar-refractivity contribution in [2.45, 2.75) is 77.7 Å². The average Bonchev–Trinajstić information content (AvgIpc) is 2.97. The molecule has 0 aliphatic heterocycles. The van der Waals surface area contributed by atoms with Crippen LogP contribution in [0.4, 0.5) is 0 Å². The lowest BCUT2D eigenvalue weighted by Gasteiger charge is -2.57. The van der Waals surface area contributed by atoms with Crippen LogP contribution in [0.2, 0.25) is 0 Å². The molecule has 0 radical (unpaired) electrons. The minimum absolute atomic E-state index is 0.0621. The van der Waals surface area contributed by atoms with Crippen LogP contribution >= 0.6 is 0 Å². The largest absolute Gasteiger partial charge is 0.458 e. The summed E-state index contributed by atoms with van der Waals surface area (Å²) in [7, 11) is 0. The van der Waals surface area contributed by atoms with Crippen molar-refractivity contribution in [2.24, 2.45) is 28.6 Å². The van der Waals surface area contributed by atoms with Crippen LogP contribution in [0, 0.1) is 28.6 Å². The number of carbonyl (C=O) groups is 4. The lowest BCUT2D eigenvalue weighted by atomic mass is 9.46. The van der Waals surface area contributed by atoms with Gasteiger partial charge in [-0.3, -0.25) is 19.2 Å². The standard InChI is InChI=1S/C24H32O6/c1-4-20(28)30-13-19(27)24(29)10-8-17-16-6-5-14-11-15(25)7-9-22(14,2)21(16)18(26)12-23(17,24)3/h11,16-17,21,29H,4-10,12-13H2,1-3H3. The molecule has 4 rings (SSSR count). The SMILES string of the molecule is CCC(=O)OCC(=O)C1(O)CCC2C3CCC4=CC(=O)CCC4(C)C3C(=O)CC21C. The van der Waals surface area contributed by atoms with E-state index in [4.69, 9.17) is 4.74 Å². The molecule has 3 fully saturated rings. The molecule has 6 atom stereocenters. The van der Waals surface area contributed by atoms with Gasteiger partial charge in [0.1, 0.15) is 11.4 Å². The second-order valence-corrected chi connectivity index (χ2v) is 10.2. The summed E-state index contributed by atoms with van der Waals surface area (Å²) in [5, 5.41) is 11.5. The van der Waals surface area contributed by atoms with Crippen LogP contribution in [0.25, 0.3) is 0 Å². The number of Topliss-reactive ketones (excluding diaryl/α,β-unsaturated/α-hetero) is 2. The van der Waals surface area contributed by atoms with Crippen LogP contribution in [-0.2, 0) is 23.9 Å². The Morgan fingerprint density at radius 3 is 2.60 bits per heavy atom. The van der Waals surface area contributed by atoms with E-state index in [1.165, 1.54) is 0 Å². The summed E-state index contributed by atoms with van der Waals surface area (Å²) < 4.78 is 5.01. The summed E-state index contributed by atoms with van der Waals surface area (Å²) in [4.78, 5) is 49.9. The molecule has 30 heavy (non-hydrogen) atoms. The highest BCUT2D eigenvalue weighted by atomic mass is 16.5. The van der Waals surface area contributed by atoms with Crippen LogP contribution in [0.5, 0.6) is 0 Å². The van der Waals surface area contributed by atoms with E-state index in [1.807, 2.05) is 6.92 Å². The van der Waals surface area contributed by atoms with Gasteiger partial charge in [0.2, 0.25) is 5.78 Å². The molecule has 6 heteroatoms. The minimum Gasteiger partial charge on any atom is -0.458 e. The van der Waals surface area contributed by atoms with Gasteiger partial charge in [-0.25, -0.2) is 0 Å². The number of hydrogen-bond acceptors (Lipinski definition) is 6. The van der Waals surface area contributed by atoms with Crippen LogP contribution < -0.4 is 0 Å². The van der Waals surface area contributed by atoms with E-state index in [1.54, 1.807) is 13.0 Å². The highest BCUT2D eigenvalue weighted by Crippen LogP contribution is 2.66. The smallest absolute Gasteiger partial charge is 0.305 e. The molecular formula is C24H32O6. The van der Waals surface area contributed by atoms with Gasteiger partial charge in [0.15, 0.2) is 12.4 Å². The van der Waals surface area contributed by atoms with E-state index in [0.717, 1.165) is 18.4 Å². The number of ketones is 3. The number of hydrogen-bond donors (Lipinski definition) is 1. The van der Waals surface area contributed by atoms with Gasteiger partial charge in [0.05, 0.1) is 0 Å². The quantitative estimate of drug-likeness (QED) is 0.708. The van der Waals surface area contributed by atoms with Crippen molar-refractivity contribution < 1.29 is 29.0 Å². The number of allylic oxidation sites excluding steroid dienone is 1. The molecule has 6 nitrogen and oxygen atoms in total. The van der Waals surface area contributed by atoms with E-state index in [2.05, 4.69) is 6.92 Å². The summed E-state index contributed by atoms with van der Waals surface area (Å²) in [6.07, 6.45) is 5.84. The summed E-state index contributed by atoms with van der Waals surface area (Å²) >= 11 is 0. The molecule has 4 aliphatic carbocycles. The zero-order valence-electron chi connectivity index (χ0n) is 18.2. The van der Waals surface area contributed by atoms with E-state index < -0.39 is 29.4 Å². The molecule has 1 N–H and O–H groups in total. The van der Waals surface area contributed by atoms with Crippen molar-refractivity contribution in [3.05, 3.63) is 11.6 Å². The molecule has 0 aromatic rings. The third kappa shape index (κ3) is 2.86. The molecule has 0 amide bonds. The molecule has 0 aromatic heterocycles. The van der Waals surface area contributed by atoms with Crippen LogP contribution in [0.15, 0.2) is 11.6 Å². The first-order valence-corrected chi connectivity index (χ1v) is 11.2. The number of aliphatic hydroxyl groups is 1. The number of rotatable bonds is 4. The van der Waals surface area contributed by atoms with E-state index >= 15 is 0 Å². The first-order chi connectivity index (χ1) is 14.1. The van der Waals surface area contributed by atoms with E-state index in [0.29, 0.717) is 25.7 Å². The van der Waals surface area contributed by atoms with Gasteiger partial charge in [0, 0.05) is 30.6 Å². The highest BCUT2D eigenvalue weighted by Gasteiger charge is 2.68. The predicted octanol–water partition coefficient (Wildman–Crippen LogP) is 2.95. The van der Waals surface area contributed by atoms with Crippen LogP contribution in [-0.4, -0.2) is 40.6 Å².